The number of carbonyl (C=O) groups is 7. The maximum atomic E-state index is 13.5. The van der Waals surface area contributed by atoms with Crippen LogP contribution in [0.2, 0.25) is 0 Å². The van der Waals surface area contributed by atoms with Crippen molar-refractivity contribution in [2.45, 2.75) is 109 Å². The summed E-state index contributed by atoms with van der Waals surface area (Å²) in [6, 6.07) is -2.65. The fraction of sp³-hybridized carbons (Fsp3) is 0.606. The van der Waals surface area contributed by atoms with Crippen LogP contribution >= 0.6 is 0 Å². The lowest BCUT2D eigenvalue weighted by molar-refractivity contribution is -0.139. The van der Waals surface area contributed by atoms with Gasteiger partial charge in [0, 0.05) is 0 Å². The first-order chi connectivity index (χ1) is 24.2. The number of carboxylic acids is 1. The molecular formula is C33H51F3N8O8. The van der Waals surface area contributed by atoms with Crippen LogP contribution in [0.25, 0.3) is 0 Å². The zero-order valence-corrected chi connectivity index (χ0v) is 29.9. The van der Waals surface area contributed by atoms with E-state index in [0.717, 1.165) is 6.07 Å². The number of carboxylic acid groups (broad SMARTS) is 1. The molecule has 292 valence electrons. The first kappa shape index (κ1) is 45.2. The Balaban J connectivity index is 2.97. The van der Waals surface area contributed by atoms with Gasteiger partial charge in [0.15, 0.2) is 0 Å². The van der Waals surface area contributed by atoms with Crippen LogP contribution in [-0.4, -0.2) is 95.9 Å². The van der Waals surface area contributed by atoms with Gasteiger partial charge in [0.25, 0.3) is 0 Å². The number of nitrogens with one attached hydrogen (secondary N) is 6. The van der Waals surface area contributed by atoms with E-state index in [-0.39, 0.29) is 30.9 Å². The van der Waals surface area contributed by atoms with Gasteiger partial charge in [0.1, 0.15) is 36.8 Å². The molecule has 0 aliphatic heterocycles. The van der Waals surface area contributed by atoms with Crippen molar-refractivity contribution >= 4 is 41.4 Å². The fourth-order valence-corrected chi connectivity index (χ4v) is 4.82. The van der Waals surface area contributed by atoms with Crippen LogP contribution in [-0.2, 0) is 46.2 Å². The number of benzene rings is 1. The number of halogens is 3. The van der Waals surface area contributed by atoms with Gasteiger partial charge in [-0.3, -0.25) is 33.6 Å². The quantitative estimate of drug-likeness (QED) is 0.0725. The molecule has 19 heteroatoms. The third kappa shape index (κ3) is 16.1. The Labute approximate surface area is 300 Å². The second-order valence-corrected chi connectivity index (χ2v) is 12.8. The summed E-state index contributed by atoms with van der Waals surface area (Å²) < 4.78 is 40.4. The van der Waals surface area contributed by atoms with Gasteiger partial charge in [-0.2, -0.15) is 13.2 Å². The summed E-state index contributed by atoms with van der Waals surface area (Å²) in [4.78, 5) is 87.8. The number of hydrogen-bond acceptors (Lipinski definition) is 9. The molecule has 0 saturated heterocycles. The third-order valence-electron chi connectivity index (χ3n) is 7.69. The van der Waals surface area contributed by atoms with E-state index in [4.69, 9.17) is 16.6 Å². The molecule has 52 heavy (non-hydrogen) atoms. The predicted octanol–water partition coefficient (Wildman–Crippen LogP) is -0.565. The molecule has 1 rings (SSSR count). The molecule has 0 bridgehead atoms. The van der Waals surface area contributed by atoms with Crippen molar-refractivity contribution in [3.63, 3.8) is 0 Å². The predicted molar refractivity (Wildman–Crippen MR) is 183 cm³/mol. The van der Waals surface area contributed by atoms with Crippen molar-refractivity contribution in [1.29, 1.82) is 0 Å². The number of nitrogens with two attached hydrogens (primary N) is 2. The topological polar surface area (TPSA) is 264 Å². The van der Waals surface area contributed by atoms with Crippen molar-refractivity contribution in [2.75, 3.05) is 13.1 Å². The van der Waals surface area contributed by atoms with Crippen molar-refractivity contribution in [3.8, 4) is 0 Å². The van der Waals surface area contributed by atoms with Crippen molar-refractivity contribution in [1.82, 2.24) is 31.9 Å². The molecule has 0 unspecified atom stereocenters. The zero-order valence-electron chi connectivity index (χ0n) is 29.9. The molecule has 16 nitrogen and oxygen atoms in total. The van der Waals surface area contributed by atoms with Gasteiger partial charge in [-0.05, 0) is 77.0 Å². The number of aliphatic carboxylic acids is 1. The van der Waals surface area contributed by atoms with E-state index in [1.165, 1.54) is 39.0 Å². The molecule has 1 aromatic rings. The second-order valence-electron chi connectivity index (χ2n) is 12.8. The maximum Gasteiger partial charge on any atom is 0.416 e. The largest absolute Gasteiger partial charge is 0.480 e. The van der Waals surface area contributed by atoms with Gasteiger partial charge in [-0.15, -0.1) is 0 Å². The van der Waals surface area contributed by atoms with Crippen molar-refractivity contribution < 1.29 is 51.8 Å². The second kappa shape index (κ2) is 21.6. The Bertz CT molecular complexity index is 1410. The monoisotopic (exact) mass is 744 g/mol. The lowest BCUT2D eigenvalue weighted by Gasteiger charge is -2.26. The van der Waals surface area contributed by atoms with Gasteiger partial charge >= 0.3 is 12.1 Å². The number of rotatable bonds is 21. The lowest BCUT2D eigenvalue weighted by atomic mass is 9.99. The molecule has 0 radical (unpaired) electrons. The Morgan fingerprint density at radius 3 is 1.73 bits per heavy atom. The molecule has 0 aliphatic carbocycles. The SMILES string of the molecule is CC(C)C[C@H](NC(=O)[C@H](CCCCN)NC(=O)[C@@H](N)Cc1ccccc1C(F)(F)F)C(=O)N[C@@H](C)C(=O)N[C@@H](C)C(=O)N[C@@H](C)C(=O)NCC(=O)O. The molecule has 6 amide bonds. The van der Waals surface area contributed by atoms with E-state index < -0.39 is 102 Å². The Morgan fingerprint density at radius 2 is 1.21 bits per heavy atom. The van der Waals surface area contributed by atoms with Crippen LogP contribution in [0.1, 0.15) is 71.4 Å². The third-order valence-corrected chi connectivity index (χ3v) is 7.69. The first-order valence-corrected chi connectivity index (χ1v) is 16.8. The highest BCUT2D eigenvalue weighted by atomic mass is 19.4. The highest BCUT2D eigenvalue weighted by Crippen LogP contribution is 2.32. The van der Waals surface area contributed by atoms with E-state index in [0.29, 0.717) is 12.8 Å². The molecule has 0 aliphatic rings. The van der Waals surface area contributed by atoms with E-state index >= 15 is 0 Å². The lowest BCUT2D eigenvalue weighted by Crippen LogP contribution is -2.58. The Kier molecular flexibility index (Phi) is 18.8. The number of amides is 6. The summed E-state index contributed by atoms with van der Waals surface area (Å²) in [5.74, 6) is -6.11. The average molecular weight is 745 g/mol. The van der Waals surface area contributed by atoms with Crippen molar-refractivity contribution in [2.24, 2.45) is 17.4 Å². The van der Waals surface area contributed by atoms with Gasteiger partial charge in [0.2, 0.25) is 35.4 Å². The molecule has 6 atom stereocenters. The molecule has 0 fully saturated rings. The van der Waals surface area contributed by atoms with Crippen LogP contribution in [0, 0.1) is 5.92 Å². The van der Waals surface area contributed by atoms with Crippen LogP contribution < -0.4 is 43.4 Å². The number of unbranched alkanes of at least 4 members (excludes halogenated alkanes) is 1. The van der Waals surface area contributed by atoms with Crippen LogP contribution in [0.15, 0.2) is 24.3 Å². The number of alkyl halides is 3. The summed E-state index contributed by atoms with van der Waals surface area (Å²) >= 11 is 0. The number of hydrogen-bond donors (Lipinski definition) is 9. The molecule has 0 aromatic heterocycles. The van der Waals surface area contributed by atoms with Crippen LogP contribution in [0.3, 0.4) is 0 Å². The Hall–Kier alpha value is -4.78. The minimum Gasteiger partial charge on any atom is -0.480 e. The minimum absolute atomic E-state index is 0.0786. The minimum atomic E-state index is -4.67. The summed E-state index contributed by atoms with van der Waals surface area (Å²) in [5.41, 5.74) is 10.4. The molecular weight excluding hydrogens is 693 g/mol. The molecule has 1 aromatic carbocycles. The van der Waals surface area contributed by atoms with Crippen LogP contribution in [0.5, 0.6) is 0 Å². The van der Waals surface area contributed by atoms with Crippen LogP contribution in [0.4, 0.5) is 13.2 Å². The highest BCUT2D eigenvalue weighted by molar-refractivity contribution is 5.96. The van der Waals surface area contributed by atoms with Gasteiger partial charge < -0.3 is 48.5 Å². The summed E-state index contributed by atoms with van der Waals surface area (Å²) in [7, 11) is 0. The van der Waals surface area contributed by atoms with Gasteiger partial charge in [-0.25, -0.2) is 0 Å². The average Bonchev–Trinajstić information content (AvgIpc) is 3.05. The smallest absolute Gasteiger partial charge is 0.416 e. The molecule has 0 saturated carbocycles. The van der Waals surface area contributed by atoms with Gasteiger partial charge in [-0.1, -0.05) is 32.0 Å². The molecule has 0 spiro atoms. The fourth-order valence-electron chi connectivity index (χ4n) is 4.82. The normalized spacial score (nSPS) is 14.8. The summed E-state index contributed by atoms with van der Waals surface area (Å²) in [6.45, 7) is 7.18. The summed E-state index contributed by atoms with van der Waals surface area (Å²) in [5, 5.41) is 23.1. The van der Waals surface area contributed by atoms with E-state index in [1.807, 2.05) is 0 Å². The van der Waals surface area contributed by atoms with E-state index in [9.17, 15) is 46.7 Å². The van der Waals surface area contributed by atoms with Gasteiger partial charge in [0.05, 0.1) is 11.6 Å². The van der Waals surface area contributed by atoms with E-state index in [2.05, 4.69) is 31.9 Å². The molecule has 0 heterocycles. The highest BCUT2D eigenvalue weighted by Gasteiger charge is 2.35. The Morgan fingerprint density at radius 1 is 0.712 bits per heavy atom. The standard InChI is InChI=1S/C33H51F3N8O8/c1-17(2)14-25(32(52)42-20(5)29(49)41-19(4)28(48)40-18(3)27(47)39-16-26(45)46)44-31(51)24(12-8-9-13-37)43-30(50)23(38)15-21-10-6-7-11-22(21)33(34,35)36/h6-7,10-11,17-20,23-25H,8-9,12-16,37-38H2,1-5H3,(H,39,47)(H,40,48)(H,41,49)(H,42,52)(H,43,50)(H,44,51)(H,45,46)/t18-,19-,20-,23-,24-,25-/m0/s1. The zero-order chi connectivity index (χ0) is 39.8. The molecule has 11 N–H and O–H groups in total. The number of carbonyl (C=O) groups excluding carboxylic acids is 6. The van der Waals surface area contributed by atoms with Crippen molar-refractivity contribution in [3.05, 3.63) is 35.4 Å². The van der Waals surface area contributed by atoms with E-state index in [1.54, 1.807) is 13.8 Å². The maximum absolute atomic E-state index is 13.5. The first-order valence-electron chi connectivity index (χ1n) is 16.8. The summed E-state index contributed by atoms with van der Waals surface area (Å²) in [6.07, 6.45) is -4.06.